The second-order valence-corrected chi connectivity index (χ2v) is 7.16. The van der Waals surface area contributed by atoms with Crippen molar-refractivity contribution in [2.24, 2.45) is 0 Å². The fourth-order valence-electron chi connectivity index (χ4n) is 2.76. The van der Waals surface area contributed by atoms with Crippen molar-refractivity contribution in [1.82, 2.24) is 0 Å². The van der Waals surface area contributed by atoms with Crippen LogP contribution in [0, 0.1) is 5.21 Å². The van der Waals surface area contributed by atoms with E-state index in [0.29, 0.717) is 6.54 Å². The van der Waals surface area contributed by atoms with Gasteiger partial charge in [-0.3, -0.25) is 0 Å². The molecule has 0 bridgehead atoms. The van der Waals surface area contributed by atoms with Gasteiger partial charge in [-0.15, -0.1) is 11.8 Å². The average Bonchev–Trinajstić information content (AvgIpc) is 2.64. The minimum Gasteiger partial charge on any atom is -0.633 e. The van der Waals surface area contributed by atoms with Crippen molar-refractivity contribution in [2.75, 3.05) is 20.6 Å². The summed E-state index contributed by atoms with van der Waals surface area (Å²) >= 11 is 1.89. The number of thioether (sulfide) groups is 1. The summed E-state index contributed by atoms with van der Waals surface area (Å²) < 4.78 is -0.248. The number of nitrogens with zero attached hydrogens (tertiary/aromatic N) is 1. The van der Waals surface area contributed by atoms with Crippen molar-refractivity contribution in [3.8, 4) is 0 Å². The summed E-state index contributed by atoms with van der Waals surface area (Å²) in [5.41, 5.74) is 5.22. The number of quaternary nitrogens is 1. The maximum absolute atomic E-state index is 11.8. The lowest BCUT2D eigenvalue weighted by Crippen LogP contribution is -2.32. The van der Waals surface area contributed by atoms with Crippen molar-refractivity contribution in [3.63, 3.8) is 0 Å². The quantitative estimate of drug-likeness (QED) is 0.606. The summed E-state index contributed by atoms with van der Waals surface area (Å²) in [6, 6.07) is 17.2. The van der Waals surface area contributed by atoms with Gasteiger partial charge in [-0.05, 0) is 28.3 Å². The second-order valence-electron chi connectivity index (χ2n) is 6.15. The molecule has 22 heavy (non-hydrogen) atoms. The van der Waals surface area contributed by atoms with E-state index in [1.807, 2.05) is 11.8 Å². The first kappa shape index (κ1) is 15.3. The third-order valence-corrected chi connectivity index (χ3v) is 5.01. The molecule has 0 unspecified atom stereocenters. The van der Waals surface area contributed by atoms with Gasteiger partial charge in [0.1, 0.15) is 0 Å². The molecule has 2 aromatic carbocycles. The summed E-state index contributed by atoms with van der Waals surface area (Å²) in [7, 11) is 3.40. The first-order valence-electron chi connectivity index (χ1n) is 7.59. The molecule has 3 rings (SSSR count). The zero-order valence-electron chi connectivity index (χ0n) is 13.1. The Morgan fingerprint density at radius 2 is 1.73 bits per heavy atom. The zero-order chi connectivity index (χ0) is 15.6. The molecule has 0 N–H and O–H groups in total. The molecule has 1 aliphatic rings. The van der Waals surface area contributed by atoms with E-state index in [1.54, 1.807) is 14.1 Å². The first-order valence-corrected chi connectivity index (χ1v) is 8.58. The molecule has 0 aliphatic carbocycles. The van der Waals surface area contributed by atoms with Crippen LogP contribution >= 0.6 is 11.8 Å². The molecule has 0 fully saturated rings. The Kier molecular flexibility index (Phi) is 4.39. The Bertz CT molecular complexity index is 651. The highest BCUT2D eigenvalue weighted by Crippen LogP contribution is 2.40. The Hall–Kier alpha value is -1.55. The molecule has 1 aliphatic heterocycles. The van der Waals surface area contributed by atoms with Crippen molar-refractivity contribution in [3.05, 3.63) is 76.5 Å². The molecule has 0 atom stereocenters. The van der Waals surface area contributed by atoms with E-state index >= 15 is 0 Å². The Labute approximate surface area is 136 Å². The minimum absolute atomic E-state index is 0.248. The predicted molar refractivity (Wildman–Crippen MR) is 94.5 cm³/mol. The third kappa shape index (κ3) is 3.43. The van der Waals surface area contributed by atoms with Gasteiger partial charge in [-0.25, -0.2) is 0 Å². The normalized spacial score (nSPS) is 16.0. The van der Waals surface area contributed by atoms with Crippen LogP contribution in [0.4, 0.5) is 0 Å². The summed E-state index contributed by atoms with van der Waals surface area (Å²) in [5.74, 6) is 0.994. The summed E-state index contributed by atoms with van der Waals surface area (Å²) in [6.07, 6.45) is 3.03. The van der Waals surface area contributed by atoms with E-state index in [-0.39, 0.29) is 4.65 Å². The topological polar surface area (TPSA) is 23.1 Å². The van der Waals surface area contributed by atoms with E-state index in [1.165, 1.54) is 27.2 Å². The van der Waals surface area contributed by atoms with Gasteiger partial charge in [0.15, 0.2) is 0 Å². The van der Waals surface area contributed by atoms with Crippen LogP contribution in [0.5, 0.6) is 0 Å². The monoisotopic (exact) mass is 311 g/mol. The molecule has 114 valence electrons. The van der Waals surface area contributed by atoms with Gasteiger partial charge in [-0.2, -0.15) is 0 Å². The Morgan fingerprint density at radius 1 is 1.05 bits per heavy atom. The lowest BCUT2D eigenvalue weighted by molar-refractivity contribution is -0.839. The molecular weight excluding hydrogens is 290 g/mol. The molecule has 0 saturated heterocycles. The highest BCUT2D eigenvalue weighted by Gasteiger charge is 2.17. The third-order valence-electron chi connectivity index (χ3n) is 3.88. The summed E-state index contributed by atoms with van der Waals surface area (Å²) in [5, 5.41) is 11.8. The van der Waals surface area contributed by atoms with Crippen molar-refractivity contribution >= 4 is 17.3 Å². The highest BCUT2D eigenvalue weighted by molar-refractivity contribution is 7.98. The average molecular weight is 311 g/mol. The fraction of sp³-hybridized carbons (Fsp3) is 0.263. The van der Waals surface area contributed by atoms with Gasteiger partial charge in [0.05, 0.1) is 20.6 Å². The first-order chi connectivity index (χ1) is 10.5. The van der Waals surface area contributed by atoms with Crippen molar-refractivity contribution in [2.45, 2.75) is 17.1 Å². The van der Waals surface area contributed by atoms with Gasteiger partial charge in [0, 0.05) is 17.1 Å². The molecule has 0 radical (unpaired) electrons. The number of rotatable bonds is 3. The SMILES string of the molecule is C[N+](C)([O-])CC/C=C1/c2ccccc2CSc2ccccc21. The lowest BCUT2D eigenvalue weighted by atomic mass is 9.93. The van der Waals surface area contributed by atoms with Crippen LogP contribution in [-0.2, 0) is 5.75 Å². The molecule has 0 saturated carbocycles. The maximum atomic E-state index is 11.8. The molecule has 0 aromatic heterocycles. The second kappa shape index (κ2) is 6.29. The smallest absolute Gasteiger partial charge is 0.0815 e. The van der Waals surface area contributed by atoms with Crippen LogP contribution in [0.15, 0.2) is 59.5 Å². The van der Waals surface area contributed by atoms with Crippen LogP contribution in [0.25, 0.3) is 5.57 Å². The number of hydroxylamine groups is 3. The molecule has 2 aromatic rings. The minimum atomic E-state index is -0.248. The van der Waals surface area contributed by atoms with Crippen LogP contribution in [-0.4, -0.2) is 25.3 Å². The number of fused-ring (bicyclic) bond motifs is 2. The fourth-order valence-corrected chi connectivity index (χ4v) is 3.84. The largest absolute Gasteiger partial charge is 0.633 e. The zero-order valence-corrected chi connectivity index (χ0v) is 13.9. The van der Waals surface area contributed by atoms with Gasteiger partial charge in [-0.1, -0.05) is 48.5 Å². The summed E-state index contributed by atoms with van der Waals surface area (Å²) in [6.45, 7) is 0.598. The van der Waals surface area contributed by atoms with E-state index in [2.05, 4.69) is 54.6 Å². The Balaban J connectivity index is 2.04. The van der Waals surface area contributed by atoms with Crippen LogP contribution in [0.3, 0.4) is 0 Å². The summed E-state index contributed by atoms with van der Waals surface area (Å²) in [4.78, 5) is 1.32. The van der Waals surface area contributed by atoms with Gasteiger partial charge in [0.2, 0.25) is 0 Å². The molecule has 1 heterocycles. The van der Waals surface area contributed by atoms with E-state index in [0.717, 1.165) is 12.2 Å². The van der Waals surface area contributed by atoms with Gasteiger partial charge >= 0.3 is 0 Å². The van der Waals surface area contributed by atoms with E-state index < -0.39 is 0 Å². The maximum Gasteiger partial charge on any atom is 0.0815 e. The Morgan fingerprint density at radius 3 is 2.50 bits per heavy atom. The van der Waals surface area contributed by atoms with Crippen molar-refractivity contribution in [1.29, 1.82) is 0 Å². The number of hydrogen-bond donors (Lipinski definition) is 0. The molecule has 3 heteroatoms. The van der Waals surface area contributed by atoms with E-state index in [9.17, 15) is 5.21 Å². The standard InChI is InChI=1S/C19H21NOS/c1-20(2,21)13-7-11-17-16-9-4-3-8-15(16)14-22-19-12-6-5-10-18(17)19/h3-6,8-12H,7,13-14H2,1-2H3/b17-11-. The van der Waals surface area contributed by atoms with Crippen molar-refractivity contribution < 1.29 is 4.65 Å². The molecular formula is C19H21NOS. The van der Waals surface area contributed by atoms with Gasteiger partial charge in [0.25, 0.3) is 0 Å². The number of benzene rings is 2. The molecule has 2 nitrogen and oxygen atoms in total. The van der Waals surface area contributed by atoms with Crippen LogP contribution in [0.1, 0.15) is 23.1 Å². The predicted octanol–water partition coefficient (Wildman–Crippen LogP) is 4.69. The van der Waals surface area contributed by atoms with Crippen LogP contribution in [0.2, 0.25) is 0 Å². The highest BCUT2D eigenvalue weighted by atomic mass is 32.2. The van der Waals surface area contributed by atoms with Crippen LogP contribution < -0.4 is 0 Å². The lowest BCUT2D eigenvalue weighted by Gasteiger charge is -2.33. The van der Waals surface area contributed by atoms with E-state index in [4.69, 9.17) is 0 Å². The number of hydrogen-bond acceptors (Lipinski definition) is 2. The molecule has 0 amide bonds. The van der Waals surface area contributed by atoms with Gasteiger partial charge < -0.3 is 9.85 Å². The molecule has 0 spiro atoms.